The lowest BCUT2D eigenvalue weighted by Crippen LogP contribution is -2.17. The SMILES string of the molecule is CC1(C)c2cc(/C=C/c3ccc4c(c3)c3ccccc3n4-c3ccccc3)ccc2-c2cc3c(cc21)-c1ccc(/C=C/c2ccc4c(c2)c2ccccc2n4-c2ccc4ccccc4c2)cc1C3(C)C. The van der Waals surface area contributed by atoms with Crippen molar-refractivity contribution in [2.75, 3.05) is 0 Å². The number of rotatable bonds is 6. The molecule has 0 saturated carbocycles. The highest BCUT2D eigenvalue weighted by Crippen LogP contribution is 2.56. The molecule has 2 aliphatic carbocycles. The zero-order valence-corrected chi connectivity index (χ0v) is 39.8. The molecule has 0 atom stereocenters. The van der Waals surface area contributed by atoms with E-state index in [2.05, 4.69) is 267 Å². The van der Waals surface area contributed by atoms with E-state index in [1.54, 1.807) is 0 Å². The van der Waals surface area contributed by atoms with Crippen LogP contribution in [0.25, 0.3) is 112 Å². The first kappa shape index (κ1) is 40.6. The van der Waals surface area contributed by atoms with E-state index in [1.165, 1.54) is 133 Å². The molecule has 12 aromatic rings. The molecule has 2 nitrogen and oxygen atoms in total. The summed E-state index contributed by atoms with van der Waals surface area (Å²) in [7, 11) is 0. The van der Waals surface area contributed by atoms with Gasteiger partial charge in [-0.05, 0) is 150 Å². The van der Waals surface area contributed by atoms with Crippen molar-refractivity contribution in [3.63, 3.8) is 0 Å². The van der Waals surface area contributed by atoms with Crippen LogP contribution in [0.5, 0.6) is 0 Å². The molecule has 0 N–H and O–H groups in total. The van der Waals surface area contributed by atoms with Gasteiger partial charge in [-0.25, -0.2) is 0 Å². The van der Waals surface area contributed by atoms with Crippen LogP contribution in [0.1, 0.15) is 72.2 Å². The van der Waals surface area contributed by atoms with Crippen LogP contribution in [0.15, 0.2) is 206 Å². The maximum absolute atomic E-state index is 2.52. The van der Waals surface area contributed by atoms with Gasteiger partial charge in [0.15, 0.2) is 0 Å². The van der Waals surface area contributed by atoms with E-state index in [4.69, 9.17) is 0 Å². The number of fused-ring (bicyclic) bond motifs is 13. The Kier molecular flexibility index (Phi) is 8.71. The zero-order valence-electron chi connectivity index (χ0n) is 39.8. The number of aromatic nitrogens is 2. The Balaban J connectivity index is 0.756. The maximum atomic E-state index is 2.52. The van der Waals surface area contributed by atoms with Crippen LogP contribution in [0.2, 0.25) is 0 Å². The molecule has 0 bridgehead atoms. The summed E-state index contributed by atoms with van der Waals surface area (Å²) < 4.78 is 4.78. The zero-order chi connectivity index (χ0) is 46.9. The van der Waals surface area contributed by atoms with E-state index in [0.29, 0.717) is 0 Å². The summed E-state index contributed by atoms with van der Waals surface area (Å²) in [6.07, 6.45) is 9.12. The van der Waals surface area contributed by atoms with Gasteiger partial charge < -0.3 is 9.13 Å². The van der Waals surface area contributed by atoms with E-state index in [-0.39, 0.29) is 10.8 Å². The van der Waals surface area contributed by atoms with Crippen LogP contribution in [-0.4, -0.2) is 9.13 Å². The Morgan fingerprint density at radius 3 is 1.24 bits per heavy atom. The molecular formula is C68H50N2. The van der Waals surface area contributed by atoms with Gasteiger partial charge in [-0.1, -0.05) is 185 Å². The summed E-state index contributed by atoms with van der Waals surface area (Å²) >= 11 is 0. The summed E-state index contributed by atoms with van der Waals surface area (Å²) in [6, 6.07) is 76.6. The lowest BCUT2D eigenvalue weighted by Gasteiger charge is -2.24. The molecule has 2 heteroatoms. The highest BCUT2D eigenvalue weighted by molar-refractivity contribution is 6.11. The van der Waals surface area contributed by atoms with Crippen molar-refractivity contribution in [2.24, 2.45) is 0 Å². The van der Waals surface area contributed by atoms with Gasteiger partial charge >= 0.3 is 0 Å². The fourth-order valence-electron chi connectivity index (χ4n) is 12.2. The van der Waals surface area contributed by atoms with Gasteiger partial charge in [-0.15, -0.1) is 0 Å². The van der Waals surface area contributed by atoms with Crippen LogP contribution < -0.4 is 0 Å². The largest absolute Gasteiger partial charge is 0.309 e. The van der Waals surface area contributed by atoms with Crippen molar-refractivity contribution in [3.05, 3.63) is 251 Å². The first-order chi connectivity index (χ1) is 34.2. The topological polar surface area (TPSA) is 9.86 Å². The van der Waals surface area contributed by atoms with Crippen molar-refractivity contribution < 1.29 is 0 Å². The minimum atomic E-state index is -0.142. The smallest absolute Gasteiger partial charge is 0.0541 e. The molecule has 0 saturated heterocycles. The second kappa shape index (κ2) is 15.0. The van der Waals surface area contributed by atoms with E-state index in [9.17, 15) is 0 Å². The standard InChI is InChI=1S/C68H50N2/c1-67(2)59-38-45(24-22-43-28-34-65-57(36-43)53-18-10-12-20-63(53)69(65)49-16-6-5-7-17-49)26-32-51(59)55-41-62-56(42-61(55)67)52-33-27-46(39-60(52)68(62,3)4)25-23-44-29-35-66-58(37-44)54-19-11-13-21-64(54)70(66)50-31-30-47-14-8-9-15-48(47)40-50/h5-42H,1-4H3/b24-22+,25-23+. The molecule has 70 heavy (non-hydrogen) atoms. The Bertz CT molecular complexity index is 4220. The number of benzene rings is 10. The first-order valence-corrected chi connectivity index (χ1v) is 24.7. The number of hydrogen-bond donors (Lipinski definition) is 0. The molecule has 0 unspecified atom stereocenters. The van der Waals surface area contributed by atoms with Crippen molar-refractivity contribution in [1.82, 2.24) is 9.13 Å². The highest BCUT2D eigenvalue weighted by Gasteiger charge is 2.41. The van der Waals surface area contributed by atoms with Crippen LogP contribution in [-0.2, 0) is 10.8 Å². The van der Waals surface area contributed by atoms with Crippen LogP contribution in [0, 0.1) is 0 Å². The minimum absolute atomic E-state index is 0.139. The molecule has 0 fully saturated rings. The molecule has 0 spiro atoms. The van der Waals surface area contributed by atoms with Crippen LogP contribution >= 0.6 is 0 Å². The predicted molar refractivity (Wildman–Crippen MR) is 298 cm³/mol. The monoisotopic (exact) mass is 894 g/mol. The van der Waals surface area contributed by atoms with Crippen molar-refractivity contribution in [3.8, 4) is 33.6 Å². The van der Waals surface area contributed by atoms with Gasteiger partial charge in [-0.2, -0.15) is 0 Å². The van der Waals surface area contributed by atoms with Gasteiger partial charge in [0.25, 0.3) is 0 Å². The second-order valence-corrected chi connectivity index (χ2v) is 20.6. The third-order valence-corrected chi connectivity index (χ3v) is 15.9. The van der Waals surface area contributed by atoms with Gasteiger partial charge in [0.05, 0.1) is 22.1 Å². The quantitative estimate of drug-likeness (QED) is 0.147. The molecule has 14 rings (SSSR count). The van der Waals surface area contributed by atoms with Gasteiger partial charge in [0, 0.05) is 43.7 Å². The van der Waals surface area contributed by atoms with Crippen molar-refractivity contribution >= 4 is 78.7 Å². The number of nitrogens with zero attached hydrogens (tertiary/aromatic N) is 2. The maximum Gasteiger partial charge on any atom is 0.0541 e. The Morgan fingerprint density at radius 1 is 0.286 bits per heavy atom. The lowest BCUT2D eigenvalue weighted by molar-refractivity contribution is 0.652. The number of hydrogen-bond acceptors (Lipinski definition) is 0. The fourth-order valence-corrected chi connectivity index (χ4v) is 12.2. The third-order valence-electron chi connectivity index (χ3n) is 15.9. The van der Waals surface area contributed by atoms with E-state index in [0.717, 1.165) is 0 Å². The van der Waals surface area contributed by atoms with Crippen LogP contribution in [0.3, 0.4) is 0 Å². The highest BCUT2D eigenvalue weighted by atomic mass is 15.0. The van der Waals surface area contributed by atoms with E-state index >= 15 is 0 Å². The van der Waals surface area contributed by atoms with Gasteiger partial charge in [0.2, 0.25) is 0 Å². The normalized spacial score (nSPS) is 14.4. The molecule has 0 aliphatic heterocycles. The van der Waals surface area contributed by atoms with Gasteiger partial charge in [-0.3, -0.25) is 0 Å². The third kappa shape index (κ3) is 6.06. The van der Waals surface area contributed by atoms with Crippen LogP contribution in [0.4, 0.5) is 0 Å². The molecule has 2 aromatic heterocycles. The molecule has 332 valence electrons. The molecule has 2 heterocycles. The molecule has 2 aliphatic rings. The average molecular weight is 895 g/mol. The summed E-state index contributed by atoms with van der Waals surface area (Å²) in [5.74, 6) is 0. The predicted octanol–water partition coefficient (Wildman–Crippen LogP) is 18.0. The van der Waals surface area contributed by atoms with E-state index in [1.807, 2.05) is 0 Å². The summed E-state index contributed by atoms with van der Waals surface area (Å²) in [6.45, 7) is 9.62. The molecule has 0 radical (unpaired) electrons. The number of para-hydroxylation sites is 3. The Morgan fingerprint density at radius 2 is 0.700 bits per heavy atom. The summed E-state index contributed by atoms with van der Waals surface area (Å²) in [5, 5.41) is 7.57. The Hall–Kier alpha value is -8.46. The first-order valence-electron chi connectivity index (χ1n) is 24.7. The molecule has 0 amide bonds. The molecule has 10 aromatic carbocycles. The minimum Gasteiger partial charge on any atom is -0.309 e. The summed E-state index contributed by atoms with van der Waals surface area (Å²) in [5.41, 5.74) is 22.8. The second-order valence-electron chi connectivity index (χ2n) is 20.6. The fraction of sp³-hybridized carbons (Fsp3) is 0.0882. The average Bonchev–Trinajstić information content (AvgIpc) is 4.05. The molecular weight excluding hydrogens is 845 g/mol. The van der Waals surface area contributed by atoms with E-state index < -0.39 is 0 Å². The van der Waals surface area contributed by atoms with Gasteiger partial charge in [0.1, 0.15) is 0 Å². The van der Waals surface area contributed by atoms with Crippen molar-refractivity contribution in [1.29, 1.82) is 0 Å². The summed E-state index contributed by atoms with van der Waals surface area (Å²) in [4.78, 5) is 0. The van der Waals surface area contributed by atoms with Crippen molar-refractivity contribution in [2.45, 2.75) is 38.5 Å². The lowest BCUT2D eigenvalue weighted by atomic mass is 9.79. The Labute approximate surface area is 408 Å².